The number of halogens is 3. The summed E-state index contributed by atoms with van der Waals surface area (Å²) in [5.41, 5.74) is 3.10. The number of amides is 2. The van der Waals surface area contributed by atoms with Crippen LogP contribution < -0.4 is 15.5 Å². The topological polar surface area (TPSA) is 96.9 Å². The van der Waals surface area contributed by atoms with Gasteiger partial charge in [0.1, 0.15) is 11.6 Å². The molecule has 0 fully saturated rings. The van der Waals surface area contributed by atoms with Crippen LogP contribution in [-0.4, -0.2) is 30.5 Å². The summed E-state index contributed by atoms with van der Waals surface area (Å²) in [6.07, 6.45) is 1.34. The molecule has 37 heavy (non-hydrogen) atoms. The second-order valence-electron chi connectivity index (χ2n) is 7.69. The fourth-order valence-corrected chi connectivity index (χ4v) is 3.87. The number of hydrazone groups is 1. The van der Waals surface area contributed by atoms with E-state index in [9.17, 15) is 18.8 Å². The summed E-state index contributed by atoms with van der Waals surface area (Å²) in [4.78, 5) is 37.1. The molecule has 0 saturated heterocycles. The maximum atomic E-state index is 13.0. The fraction of sp³-hybridized carbons (Fsp3) is 0.0370. The first kappa shape index (κ1) is 25.8. The van der Waals surface area contributed by atoms with Crippen molar-refractivity contribution in [1.29, 1.82) is 0 Å². The number of hydrogen-bond acceptors (Lipinski definition) is 5. The van der Waals surface area contributed by atoms with Crippen molar-refractivity contribution >= 4 is 58.0 Å². The van der Waals surface area contributed by atoms with Crippen LogP contribution in [0.25, 0.3) is 10.8 Å². The molecule has 0 saturated carbocycles. The lowest BCUT2D eigenvalue weighted by molar-refractivity contribution is -0.120. The number of hydrogen-bond donors (Lipinski definition) is 2. The predicted octanol–water partition coefficient (Wildman–Crippen LogP) is 5.39. The lowest BCUT2D eigenvalue weighted by Crippen LogP contribution is -2.34. The van der Waals surface area contributed by atoms with Crippen LogP contribution in [0, 0.1) is 5.82 Å². The molecule has 0 atom stereocenters. The molecule has 0 unspecified atom stereocenters. The second-order valence-corrected chi connectivity index (χ2v) is 8.54. The number of carbonyl (C=O) groups excluding carboxylic acids is 3. The minimum atomic E-state index is -0.695. The van der Waals surface area contributed by atoms with Gasteiger partial charge in [0.05, 0.1) is 23.3 Å². The summed E-state index contributed by atoms with van der Waals surface area (Å²) in [7, 11) is 0. The molecule has 0 aliphatic carbocycles. The zero-order valence-corrected chi connectivity index (χ0v) is 20.5. The summed E-state index contributed by atoms with van der Waals surface area (Å²) < 4.78 is 18.6. The van der Waals surface area contributed by atoms with Crippen molar-refractivity contribution in [3.8, 4) is 5.75 Å². The van der Waals surface area contributed by atoms with Gasteiger partial charge in [0.2, 0.25) is 0 Å². The van der Waals surface area contributed by atoms with Crippen molar-refractivity contribution in [3.05, 3.63) is 111 Å². The zero-order valence-electron chi connectivity index (χ0n) is 19.0. The van der Waals surface area contributed by atoms with Crippen LogP contribution in [-0.2, 0) is 4.79 Å². The highest BCUT2D eigenvalue weighted by atomic mass is 35.5. The average molecular weight is 538 g/mol. The molecular formula is C27H18Cl2FN3O4. The van der Waals surface area contributed by atoms with Crippen molar-refractivity contribution in [3.63, 3.8) is 0 Å². The summed E-state index contributed by atoms with van der Waals surface area (Å²) >= 11 is 12.0. The van der Waals surface area contributed by atoms with Crippen LogP contribution in [0.4, 0.5) is 4.39 Å². The Bertz CT molecular complexity index is 1520. The molecule has 4 rings (SSSR count). The molecule has 0 bridgehead atoms. The van der Waals surface area contributed by atoms with Crippen molar-refractivity contribution in [2.24, 2.45) is 5.10 Å². The Balaban J connectivity index is 1.48. The first-order chi connectivity index (χ1) is 17.8. The molecule has 4 aromatic rings. The van der Waals surface area contributed by atoms with Crippen molar-refractivity contribution in [1.82, 2.24) is 10.7 Å². The van der Waals surface area contributed by atoms with E-state index >= 15 is 0 Å². The Kier molecular flexibility index (Phi) is 8.12. The van der Waals surface area contributed by atoms with E-state index in [0.29, 0.717) is 10.6 Å². The van der Waals surface area contributed by atoms with Gasteiger partial charge >= 0.3 is 5.97 Å². The van der Waals surface area contributed by atoms with Gasteiger partial charge in [-0.3, -0.25) is 9.59 Å². The van der Waals surface area contributed by atoms with Gasteiger partial charge in [0, 0.05) is 16.1 Å². The molecule has 2 amide bonds. The van der Waals surface area contributed by atoms with E-state index < -0.39 is 23.6 Å². The molecule has 186 valence electrons. The molecule has 0 radical (unpaired) electrons. The number of esters is 1. The molecule has 7 nitrogen and oxygen atoms in total. The van der Waals surface area contributed by atoms with E-state index in [1.54, 1.807) is 12.1 Å². The molecule has 0 aromatic heterocycles. The third-order valence-corrected chi connectivity index (χ3v) is 5.73. The van der Waals surface area contributed by atoms with Crippen LogP contribution in [0.15, 0.2) is 84.0 Å². The van der Waals surface area contributed by atoms with Gasteiger partial charge in [-0.15, -0.1) is 0 Å². The number of carbonyl (C=O) groups is 3. The fourth-order valence-electron chi connectivity index (χ4n) is 3.38. The lowest BCUT2D eigenvalue weighted by atomic mass is 10.0. The highest BCUT2D eigenvalue weighted by Crippen LogP contribution is 2.29. The van der Waals surface area contributed by atoms with E-state index in [-0.39, 0.29) is 28.4 Å². The van der Waals surface area contributed by atoms with Gasteiger partial charge in [-0.2, -0.15) is 5.10 Å². The van der Waals surface area contributed by atoms with Crippen molar-refractivity contribution in [2.75, 3.05) is 6.54 Å². The number of ether oxygens (including phenoxy) is 1. The zero-order chi connectivity index (χ0) is 26.4. The molecule has 0 aliphatic heterocycles. The van der Waals surface area contributed by atoms with E-state index in [1.165, 1.54) is 36.5 Å². The molecule has 0 heterocycles. The van der Waals surface area contributed by atoms with Gasteiger partial charge < -0.3 is 10.1 Å². The monoisotopic (exact) mass is 537 g/mol. The first-order valence-electron chi connectivity index (χ1n) is 10.9. The maximum Gasteiger partial charge on any atom is 0.345 e. The number of nitrogens with one attached hydrogen (secondary N) is 2. The Morgan fingerprint density at radius 1 is 0.946 bits per heavy atom. The standard InChI is InChI=1S/C27H18Cl2FN3O4/c28-18-8-11-21(23(29)13-18)27(36)37-24-12-7-16-3-1-2-4-20(16)22(24)14-32-33-25(34)15-31-26(35)17-5-9-19(30)10-6-17/h1-14H,15H2,(H,31,35)(H,33,34)/b32-14-. The smallest absolute Gasteiger partial charge is 0.345 e. The molecule has 0 aliphatic rings. The van der Waals surface area contributed by atoms with Crippen LogP contribution >= 0.6 is 23.2 Å². The van der Waals surface area contributed by atoms with Crippen LogP contribution in [0.5, 0.6) is 5.75 Å². The predicted molar refractivity (Wildman–Crippen MR) is 140 cm³/mol. The quantitative estimate of drug-likeness (QED) is 0.143. The Morgan fingerprint density at radius 3 is 2.46 bits per heavy atom. The van der Waals surface area contributed by atoms with Gasteiger partial charge in [0.15, 0.2) is 0 Å². The van der Waals surface area contributed by atoms with Gasteiger partial charge in [-0.1, -0.05) is 53.5 Å². The van der Waals surface area contributed by atoms with Crippen molar-refractivity contribution in [2.45, 2.75) is 0 Å². The third-order valence-electron chi connectivity index (χ3n) is 5.18. The summed E-state index contributed by atoms with van der Waals surface area (Å²) in [5.74, 6) is -2.11. The molecule has 0 spiro atoms. The van der Waals surface area contributed by atoms with E-state index in [0.717, 1.165) is 22.9 Å². The van der Waals surface area contributed by atoms with Gasteiger partial charge in [-0.25, -0.2) is 14.6 Å². The van der Waals surface area contributed by atoms with E-state index in [2.05, 4.69) is 15.8 Å². The van der Waals surface area contributed by atoms with Gasteiger partial charge in [-0.05, 0) is 59.3 Å². The normalized spacial score (nSPS) is 10.9. The summed E-state index contributed by atoms with van der Waals surface area (Å²) in [6, 6.07) is 20.1. The number of nitrogens with zero attached hydrogens (tertiary/aromatic N) is 1. The van der Waals surface area contributed by atoms with Crippen LogP contribution in [0.3, 0.4) is 0 Å². The minimum absolute atomic E-state index is 0.132. The Hall–Kier alpha value is -4.27. The minimum Gasteiger partial charge on any atom is -0.422 e. The lowest BCUT2D eigenvalue weighted by Gasteiger charge is -2.11. The van der Waals surface area contributed by atoms with E-state index in [1.807, 2.05) is 24.3 Å². The number of rotatable bonds is 7. The second kappa shape index (κ2) is 11.6. The van der Waals surface area contributed by atoms with Crippen LogP contribution in [0.1, 0.15) is 26.3 Å². The Labute approximate surface area is 220 Å². The largest absolute Gasteiger partial charge is 0.422 e. The highest BCUT2D eigenvalue weighted by molar-refractivity contribution is 6.36. The molecule has 10 heteroatoms. The summed E-state index contributed by atoms with van der Waals surface area (Å²) in [5, 5.41) is 8.48. The highest BCUT2D eigenvalue weighted by Gasteiger charge is 2.16. The maximum absolute atomic E-state index is 13.0. The summed E-state index contributed by atoms with van der Waals surface area (Å²) in [6.45, 7) is -0.361. The van der Waals surface area contributed by atoms with Crippen molar-refractivity contribution < 1.29 is 23.5 Å². The SMILES string of the molecule is O=C(CNC(=O)c1ccc(F)cc1)N/N=C\c1c(OC(=O)c2ccc(Cl)cc2Cl)ccc2ccccc12. The van der Waals surface area contributed by atoms with E-state index in [4.69, 9.17) is 27.9 Å². The average Bonchev–Trinajstić information content (AvgIpc) is 2.88. The van der Waals surface area contributed by atoms with Gasteiger partial charge in [0.25, 0.3) is 11.8 Å². The number of benzene rings is 4. The molecule has 4 aromatic carbocycles. The molecule has 2 N–H and O–H groups in total. The first-order valence-corrected chi connectivity index (χ1v) is 11.6. The van der Waals surface area contributed by atoms with Crippen LogP contribution in [0.2, 0.25) is 10.0 Å². The third kappa shape index (κ3) is 6.49. The Morgan fingerprint density at radius 2 is 1.70 bits per heavy atom. The molecular weight excluding hydrogens is 520 g/mol. The number of fused-ring (bicyclic) bond motifs is 1.